The fourth-order valence-electron chi connectivity index (χ4n) is 3.84. The predicted octanol–water partition coefficient (Wildman–Crippen LogP) is 3.90. The van der Waals surface area contributed by atoms with Gasteiger partial charge in [-0.3, -0.25) is 4.79 Å². The molecular weight excluding hydrogens is 449 g/mol. The van der Waals surface area contributed by atoms with Gasteiger partial charge in [0, 0.05) is 31.7 Å². The fourth-order valence-corrected chi connectivity index (χ4v) is 3.84. The van der Waals surface area contributed by atoms with E-state index >= 15 is 0 Å². The van der Waals surface area contributed by atoms with Crippen LogP contribution in [0.5, 0.6) is 0 Å². The minimum atomic E-state index is -4.46. The van der Waals surface area contributed by atoms with Crippen LogP contribution >= 0.6 is 0 Å². The van der Waals surface area contributed by atoms with Gasteiger partial charge in [-0.1, -0.05) is 35.4 Å². The Kier molecular flexibility index (Phi) is 5.52. The summed E-state index contributed by atoms with van der Waals surface area (Å²) in [5.74, 6) is 0.550. The monoisotopic (exact) mass is 468 g/mol. The Balaban J connectivity index is 1.26. The van der Waals surface area contributed by atoms with Crippen LogP contribution in [0.1, 0.15) is 16.1 Å². The van der Waals surface area contributed by atoms with Gasteiger partial charge in [-0.2, -0.15) is 17.9 Å². The SMILES string of the molecule is O=C(c1ccc(-c2cccc(C(F)(F)F)c2)o1)N1CCN(c2nnnn2-c2ccccc2)CC1. The number of anilines is 1. The highest BCUT2D eigenvalue weighted by atomic mass is 19.4. The number of aromatic nitrogens is 4. The van der Waals surface area contributed by atoms with Crippen LogP contribution in [0.25, 0.3) is 17.0 Å². The van der Waals surface area contributed by atoms with Crippen molar-refractivity contribution >= 4 is 11.9 Å². The summed E-state index contributed by atoms with van der Waals surface area (Å²) in [6.07, 6.45) is -4.46. The molecule has 34 heavy (non-hydrogen) atoms. The van der Waals surface area contributed by atoms with E-state index in [0.29, 0.717) is 32.1 Å². The van der Waals surface area contributed by atoms with Gasteiger partial charge in [-0.05, 0) is 46.8 Å². The second-order valence-corrected chi connectivity index (χ2v) is 7.75. The minimum Gasteiger partial charge on any atom is -0.451 e. The molecule has 174 valence electrons. The zero-order valence-electron chi connectivity index (χ0n) is 17.8. The molecule has 0 atom stereocenters. The van der Waals surface area contributed by atoms with E-state index in [2.05, 4.69) is 15.5 Å². The van der Waals surface area contributed by atoms with Gasteiger partial charge >= 0.3 is 6.18 Å². The quantitative estimate of drug-likeness (QED) is 0.452. The Morgan fingerprint density at radius 2 is 1.68 bits per heavy atom. The zero-order valence-corrected chi connectivity index (χ0v) is 17.8. The standard InChI is InChI=1S/C23H19F3N6O2/c24-23(25,26)17-6-4-5-16(15-17)19-9-10-20(34-19)21(33)30-11-13-31(14-12-30)22-27-28-29-32(22)18-7-2-1-3-8-18/h1-10,15H,11-14H2. The summed E-state index contributed by atoms with van der Waals surface area (Å²) >= 11 is 0. The predicted molar refractivity (Wildman–Crippen MR) is 116 cm³/mol. The molecular formula is C23H19F3N6O2. The van der Waals surface area contributed by atoms with Gasteiger partial charge in [0.25, 0.3) is 5.91 Å². The van der Waals surface area contributed by atoms with Crippen LogP contribution in [0.4, 0.5) is 19.1 Å². The number of rotatable bonds is 4. The van der Waals surface area contributed by atoms with Crippen molar-refractivity contribution in [1.82, 2.24) is 25.1 Å². The number of nitrogens with zero attached hydrogens (tertiary/aromatic N) is 6. The minimum absolute atomic E-state index is 0.0787. The summed E-state index contributed by atoms with van der Waals surface area (Å²) in [7, 11) is 0. The molecule has 0 spiro atoms. The van der Waals surface area contributed by atoms with Crippen LogP contribution in [0.2, 0.25) is 0 Å². The maximum absolute atomic E-state index is 13.0. The average Bonchev–Trinajstić information content (AvgIpc) is 3.54. The van der Waals surface area contributed by atoms with Crippen molar-refractivity contribution in [3.8, 4) is 17.0 Å². The lowest BCUT2D eigenvalue weighted by atomic mass is 10.1. The maximum Gasteiger partial charge on any atom is 0.416 e. The summed E-state index contributed by atoms with van der Waals surface area (Å²) < 4.78 is 46.3. The number of amides is 1. The molecule has 0 saturated carbocycles. The molecule has 0 bridgehead atoms. The Hall–Kier alpha value is -4.15. The molecule has 2 aromatic heterocycles. The fraction of sp³-hybridized carbons (Fsp3) is 0.217. The van der Waals surface area contributed by atoms with E-state index in [1.54, 1.807) is 9.58 Å². The average molecular weight is 468 g/mol. The zero-order chi connectivity index (χ0) is 23.7. The number of carbonyl (C=O) groups excluding carboxylic acids is 1. The van der Waals surface area contributed by atoms with Crippen LogP contribution in [-0.2, 0) is 6.18 Å². The number of tetrazole rings is 1. The Morgan fingerprint density at radius 3 is 2.41 bits per heavy atom. The highest BCUT2D eigenvalue weighted by Crippen LogP contribution is 2.33. The van der Waals surface area contributed by atoms with Gasteiger partial charge in [0.05, 0.1) is 11.3 Å². The molecule has 1 amide bonds. The number of para-hydroxylation sites is 1. The molecule has 11 heteroatoms. The summed E-state index contributed by atoms with van der Waals surface area (Å²) in [4.78, 5) is 16.6. The van der Waals surface area contributed by atoms with Gasteiger partial charge in [0.2, 0.25) is 5.95 Å². The number of benzene rings is 2. The summed E-state index contributed by atoms with van der Waals surface area (Å²) in [6.45, 7) is 1.86. The first kappa shape index (κ1) is 21.7. The molecule has 1 saturated heterocycles. The highest BCUT2D eigenvalue weighted by Gasteiger charge is 2.31. The lowest BCUT2D eigenvalue weighted by molar-refractivity contribution is -0.137. The molecule has 4 aromatic rings. The van der Waals surface area contributed by atoms with E-state index in [1.807, 2.05) is 35.2 Å². The van der Waals surface area contributed by atoms with Gasteiger partial charge < -0.3 is 14.2 Å². The largest absolute Gasteiger partial charge is 0.451 e. The van der Waals surface area contributed by atoms with Crippen LogP contribution in [0.3, 0.4) is 0 Å². The third-order valence-electron chi connectivity index (χ3n) is 5.59. The molecule has 0 N–H and O–H groups in total. The number of carbonyl (C=O) groups is 1. The van der Waals surface area contributed by atoms with Gasteiger partial charge in [0.1, 0.15) is 5.76 Å². The molecule has 1 fully saturated rings. The summed E-state index contributed by atoms with van der Waals surface area (Å²) in [5.41, 5.74) is 0.313. The van der Waals surface area contributed by atoms with Crippen molar-refractivity contribution in [2.75, 3.05) is 31.1 Å². The van der Waals surface area contributed by atoms with Crippen molar-refractivity contribution in [2.24, 2.45) is 0 Å². The van der Waals surface area contributed by atoms with Crippen LogP contribution in [-0.4, -0.2) is 57.2 Å². The first-order chi connectivity index (χ1) is 16.4. The molecule has 0 aliphatic carbocycles. The maximum atomic E-state index is 13.0. The van der Waals surface area contributed by atoms with E-state index in [1.165, 1.54) is 24.3 Å². The number of hydrogen-bond donors (Lipinski definition) is 0. The third-order valence-corrected chi connectivity index (χ3v) is 5.59. The van der Waals surface area contributed by atoms with E-state index in [4.69, 9.17) is 4.42 Å². The second-order valence-electron chi connectivity index (χ2n) is 7.75. The molecule has 0 unspecified atom stereocenters. The number of alkyl halides is 3. The first-order valence-electron chi connectivity index (χ1n) is 10.6. The Morgan fingerprint density at radius 1 is 0.912 bits per heavy atom. The summed E-state index contributed by atoms with van der Waals surface area (Å²) in [5, 5.41) is 12.0. The Bertz CT molecular complexity index is 1290. The molecule has 0 radical (unpaired) electrons. The molecule has 1 aliphatic heterocycles. The van der Waals surface area contributed by atoms with Gasteiger partial charge in [-0.15, -0.1) is 0 Å². The van der Waals surface area contributed by atoms with Gasteiger partial charge in [-0.25, -0.2) is 0 Å². The van der Waals surface area contributed by atoms with Crippen molar-refractivity contribution in [1.29, 1.82) is 0 Å². The molecule has 5 rings (SSSR count). The molecule has 8 nitrogen and oxygen atoms in total. The summed E-state index contributed by atoms with van der Waals surface area (Å²) in [6, 6.07) is 17.3. The van der Waals surface area contributed by atoms with Crippen LogP contribution in [0, 0.1) is 0 Å². The second kappa shape index (κ2) is 8.65. The van der Waals surface area contributed by atoms with E-state index < -0.39 is 11.7 Å². The van der Waals surface area contributed by atoms with Crippen molar-refractivity contribution in [3.05, 3.63) is 78.1 Å². The molecule has 3 heterocycles. The van der Waals surface area contributed by atoms with Crippen molar-refractivity contribution < 1.29 is 22.4 Å². The Labute approximate surface area is 192 Å². The van der Waals surface area contributed by atoms with Crippen LogP contribution in [0.15, 0.2) is 71.1 Å². The van der Waals surface area contributed by atoms with Crippen LogP contribution < -0.4 is 4.90 Å². The van der Waals surface area contributed by atoms with E-state index in [0.717, 1.165) is 17.8 Å². The lowest BCUT2D eigenvalue weighted by Gasteiger charge is -2.34. The molecule has 2 aromatic carbocycles. The van der Waals surface area contributed by atoms with Gasteiger partial charge in [0.15, 0.2) is 5.76 Å². The number of furan rings is 1. The van der Waals surface area contributed by atoms with Crippen molar-refractivity contribution in [2.45, 2.75) is 6.18 Å². The first-order valence-corrected chi connectivity index (χ1v) is 10.6. The third kappa shape index (κ3) is 4.24. The number of piperazine rings is 1. The normalized spacial score (nSPS) is 14.4. The van der Waals surface area contributed by atoms with E-state index in [-0.39, 0.29) is 23.0 Å². The lowest BCUT2D eigenvalue weighted by Crippen LogP contribution is -2.49. The topological polar surface area (TPSA) is 80.3 Å². The molecule has 1 aliphatic rings. The highest BCUT2D eigenvalue weighted by molar-refractivity contribution is 5.92. The number of halogens is 3. The number of hydrogen-bond acceptors (Lipinski definition) is 6. The smallest absolute Gasteiger partial charge is 0.416 e. The van der Waals surface area contributed by atoms with E-state index in [9.17, 15) is 18.0 Å². The van der Waals surface area contributed by atoms with Crippen molar-refractivity contribution in [3.63, 3.8) is 0 Å².